The zero-order valence-electron chi connectivity index (χ0n) is 17.6. The second-order valence-electron chi connectivity index (χ2n) is 7.59. The summed E-state index contributed by atoms with van der Waals surface area (Å²) >= 11 is 0. The molecule has 1 aromatic heterocycles. The number of sulfonamides is 1. The van der Waals surface area contributed by atoms with Gasteiger partial charge in [0.1, 0.15) is 10.6 Å². The highest BCUT2D eigenvalue weighted by Crippen LogP contribution is 2.32. The third kappa shape index (κ3) is 4.68. The molecule has 168 valence electrons. The van der Waals surface area contributed by atoms with Crippen LogP contribution in [-0.2, 0) is 14.8 Å². The molecule has 0 radical (unpaired) electrons. The highest BCUT2D eigenvalue weighted by atomic mass is 32.2. The van der Waals surface area contributed by atoms with Crippen LogP contribution in [0.2, 0.25) is 0 Å². The van der Waals surface area contributed by atoms with Crippen molar-refractivity contribution in [2.45, 2.75) is 25.2 Å². The molecule has 0 bridgehead atoms. The minimum absolute atomic E-state index is 0.133. The SMILES string of the molecule is Cc1noc(C)c1S(=O)(=O)N1CCN(CC(=O)Nc2ccc3c(c2)OCCCO3)CC1. The second-order valence-corrected chi connectivity index (χ2v) is 9.47. The molecule has 2 aliphatic heterocycles. The first-order valence-electron chi connectivity index (χ1n) is 10.2. The number of fused-ring (bicyclic) bond motifs is 1. The van der Waals surface area contributed by atoms with Gasteiger partial charge in [-0.25, -0.2) is 8.42 Å². The molecule has 0 unspecified atom stereocenters. The highest BCUT2D eigenvalue weighted by Gasteiger charge is 2.33. The Labute approximate surface area is 181 Å². The van der Waals surface area contributed by atoms with E-state index in [4.69, 9.17) is 14.0 Å². The molecule has 31 heavy (non-hydrogen) atoms. The van der Waals surface area contributed by atoms with Crippen molar-refractivity contribution in [2.24, 2.45) is 0 Å². The molecule has 1 aromatic carbocycles. The van der Waals surface area contributed by atoms with E-state index in [2.05, 4.69) is 10.5 Å². The number of carbonyl (C=O) groups excluding carboxylic acids is 1. The second kappa shape index (κ2) is 8.85. The maximum absolute atomic E-state index is 12.9. The number of nitrogens with one attached hydrogen (secondary N) is 1. The molecular formula is C20H26N4O6S. The fraction of sp³-hybridized carbons (Fsp3) is 0.500. The van der Waals surface area contributed by atoms with Crippen LogP contribution in [0.5, 0.6) is 11.5 Å². The van der Waals surface area contributed by atoms with E-state index in [-0.39, 0.29) is 23.1 Å². The van der Waals surface area contributed by atoms with Gasteiger partial charge in [0, 0.05) is 44.4 Å². The average molecular weight is 451 g/mol. The number of aromatic nitrogens is 1. The average Bonchev–Trinajstić information content (AvgIpc) is 2.93. The topological polar surface area (TPSA) is 114 Å². The Bertz CT molecular complexity index is 1040. The number of amides is 1. The third-order valence-corrected chi connectivity index (χ3v) is 7.44. The predicted molar refractivity (Wildman–Crippen MR) is 112 cm³/mol. The van der Waals surface area contributed by atoms with Gasteiger partial charge < -0.3 is 19.3 Å². The number of hydrogen-bond donors (Lipinski definition) is 1. The number of rotatable bonds is 5. The molecule has 0 saturated carbocycles. The summed E-state index contributed by atoms with van der Waals surface area (Å²) in [5.41, 5.74) is 0.989. The number of hydrogen-bond acceptors (Lipinski definition) is 8. The van der Waals surface area contributed by atoms with Crippen LogP contribution in [-0.4, -0.2) is 74.6 Å². The maximum Gasteiger partial charge on any atom is 0.248 e. The molecule has 0 spiro atoms. The van der Waals surface area contributed by atoms with E-state index in [1.165, 1.54) is 4.31 Å². The molecule has 0 aliphatic carbocycles. The molecule has 2 aromatic rings. The largest absolute Gasteiger partial charge is 0.490 e. The Morgan fingerprint density at radius 3 is 2.48 bits per heavy atom. The van der Waals surface area contributed by atoms with E-state index >= 15 is 0 Å². The van der Waals surface area contributed by atoms with Crippen LogP contribution >= 0.6 is 0 Å². The lowest BCUT2D eigenvalue weighted by molar-refractivity contribution is -0.117. The summed E-state index contributed by atoms with van der Waals surface area (Å²) in [4.78, 5) is 14.6. The van der Waals surface area contributed by atoms with Crippen LogP contribution in [0.15, 0.2) is 27.6 Å². The van der Waals surface area contributed by atoms with E-state index in [0.717, 1.165) is 6.42 Å². The summed E-state index contributed by atoms with van der Waals surface area (Å²) in [6.07, 6.45) is 0.814. The van der Waals surface area contributed by atoms with Gasteiger partial charge in [0.25, 0.3) is 0 Å². The number of nitrogens with zero attached hydrogens (tertiary/aromatic N) is 3. The molecule has 1 N–H and O–H groups in total. The number of ether oxygens (including phenoxy) is 2. The molecule has 1 amide bonds. The van der Waals surface area contributed by atoms with Gasteiger partial charge in [0.05, 0.1) is 19.8 Å². The summed E-state index contributed by atoms with van der Waals surface area (Å²) in [5.74, 6) is 1.41. The number of benzene rings is 1. The van der Waals surface area contributed by atoms with Crippen LogP contribution in [0.25, 0.3) is 0 Å². The Morgan fingerprint density at radius 1 is 1.10 bits per heavy atom. The smallest absolute Gasteiger partial charge is 0.248 e. The van der Waals surface area contributed by atoms with E-state index < -0.39 is 10.0 Å². The zero-order valence-corrected chi connectivity index (χ0v) is 18.4. The van der Waals surface area contributed by atoms with E-state index in [1.807, 2.05) is 4.90 Å². The summed E-state index contributed by atoms with van der Waals surface area (Å²) in [5, 5.41) is 6.61. The Hall–Kier alpha value is -2.63. The van der Waals surface area contributed by atoms with Crippen molar-refractivity contribution in [3.05, 3.63) is 29.7 Å². The number of piperazine rings is 1. The van der Waals surface area contributed by atoms with Crippen molar-refractivity contribution in [3.63, 3.8) is 0 Å². The maximum atomic E-state index is 12.9. The lowest BCUT2D eigenvalue weighted by Crippen LogP contribution is -2.50. The third-order valence-electron chi connectivity index (χ3n) is 5.30. The minimum Gasteiger partial charge on any atom is -0.490 e. The van der Waals surface area contributed by atoms with Crippen LogP contribution < -0.4 is 14.8 Å². The van der Waals surface area contributed by atoms with Gasteiger partial charge >= 0.3 is 0 Å². The van der Waals surface area contributed by atoms with Crippen molar-refractivity contribution >= 4 is 21.6 Å². The monoisotopic (exact) mass is 450 g/mol. The molecule has 1 fully saturated rings. The quantitative estimate of drug-likeness (QED) is 0.727. The van der Waals surface area contributed by atoms with Gasteiger partial charge in [0.2, 0.25) is 15.9 Å². The fourth-order valence-corrected chi connectivity index (χ4v) is 5.46. The van der Waals surface area contributed by atoms with E-state index in [9.17, 15) is 13.2 Å². The summed E-state index contributed by atoms with van der Waals surface area (Å²) in [6.45, 7) is 6.06. The van der Waals surface area contributed by atoms with Gasteiger partial charge in [-0.1, -0.05) is 5.16 Å². The summed E-state index contributed by atoms with van der Waals surface area (Å²) in [7, 11) is -3.67. The van der Waals surface area contributed by atoms with Crippen molar-refractivity contribution in [1.29, 1.82) is 0 Å². The van der Waals surface area contributed by atoms with Crippen molar-refractivity contribution in [1.82, 2.24) is 14.4 Å². The summed E-state index contributed by atoms with van der Waals surface area (Å²) < 4.78 is 43.5. The molecule has 0 atom stereocenters. The van der Waals surface area contributed by atoms with Crippen LogP contribution in [0.3, 0.4) is 0 Å². The predicted octanol–water partition coefficient (Wildman–Crippen LogP) is 1.40. The Kier molecular flexibility index (Phi) is 6.17. The van der Waals surface area contributed by atoms with Gasteiger partial charge in [-0.05, 0) is 26.0 Å². The molecule has 1 saturated heterocycles. The van der Waals surface area contributed by atoms with Gasteiger partial charge in [-0.15, -0.1) is 0 Å². The van der Waals surface area contributed by atoms with E-state index in [0.29, 0.717) is 62.3 Å². The van der Waals surface area contributed by atoms with Crippen LogP contribution in [0.4, 0.5) is 5.69 Å². The number of aryl methyl sites for hydroxylation is 2. The van der Waals surface area contributed by atoms with Crippen LogP contribution in [0, 0.1) is 13.8 Å². The minimum atomic E-state index is -3.67. The Morgan fingerprint density at radius 2 is 1.81 bits per heavy atom. The zero-order chi connectivity index (χ0) is 22.0. The van der Waals surface area contributed by atoms with Crippen molar-refractivity contribution in [2.75, 3.05) is 51.3 Å². The lowest BCUT2D eigenvalue weighted by atomic mass is 10.2. The standard InChI is InChI=1S/C20H26N4O6S/c1-14-20(15(2)30-22-14)31(26,27)24-8-6-23(7-9-24)13-19(25)21-16-4-5-17-18(12-16)29-11-3-10-28-17/h4-5,12H,3,6-11,13H2,1-2H3,(H,21,25). The van der Waals surface area contributed by atoms with E-state index in [1.54, 1.807) is 32.0 Å². The van der Waals surface area contributed by atoms with Crippen molar-refractivity contribution < 1.29 is 27.2 Å². The molecule has 11 heteroatoms. The van der Waals surface area contributed by atoms with Gasteiger partial charge in [0.15, 0.2) is 17.3 Å². The van der Waals surface area contributed by atoms with Crippen LogP contribution in [0.1, 0.15) is 17.9 Å². The normalized spacial score (nSPS) is 17.9. The Balaban J connectivity index is 1.32. The molecular weight excluding hydrogens is 424 g/mol. The molecule has 10 nitrogen and oxygen atoms in total. The first-order valence-corrected chi connectivity index (χ1v) is 11.6. The lowest BCUT2D eigenvalue weighted by Gasteiger charge is -2.33. The number of anilines is 1. The fourth-order valence-electron chi connectivity index (χ4n) is 3.74. The number of carbonyl (C=O) groups is 1. The summed E-state index contributed by atoms with van der Waals surface area (Å²) in [6, 6.07) is 5.32. The molecule has 3 heterocycles. The van der Waals surface area contributed by atoms with Gasteiger partial charge in [-0.3, -0.25) is 9.69 Å². The highest BCUT2D eigenvalue weighted by molar-refractivity contribution is 7.89. The molecule has 2 aliphatic rings. The van der Waals surface area contributed by atoms with Gasteiger partial charge in [-0.2, -0.15) is 4.31 Å². The first-order chi connectivity index (χ1) is 14.8. The first kappa shape index (κ1) is 21.6. The van der Waals surface area contributed by atoms with Crippen molar-refractivity contribution in [3.8, 4) is 11.5 Å². The molecule has 4 rings (SSSR count).